The minimum absolute atomic E-state index is 0.859. The van der Waals surface area contributed by atoms with Crippen LogP contribution in [0.5, 0.6) is 5.75 Å². The number of hydrogen-bond donors (Lipinski definition) is 2. The molecule has 0 radical (unpaired) electrons. The van der Waals surface area contributed by atoms with E-state index in [0.29, 0.717) is 0 Å². The Kier molecular flexibility index (Phi) is 7.89. The molecule has 0 bridgehead atoms. The highest BCUT2D eigenvalue weighted by molar-refractivity contribution is 5.79. The van der Waals surface area contributed by atoms with Crippen molar-refractivity contribution in [3.63, 3.8) is 0 Å². The zero-order valence-corrected chi connectivity index (χ0v) is 15.4. The van der Waals surface area contributed by atoms with Crippen LogP contribution >= 0.6 is 0 Å². The molecule has 0 saturated carbocycles. The Bertz CT molecular complexity index is 524. The molecule has 134 valence electrons. The summed E-state index contributed by atoms with van der Waals surface area (Å²) in [5.74, 6) is 1.84. The van der Waals surface area contributed by atoms with E-state index in [1.54, 1.807) is 7.11 Å². The lowest BCUT2D eigenvalue weighted by Crippen LogP contribution is -2.39. The van der Waals surface area contributed by atoms with Crippen LogP contribution in [0.15, 0.2) is 23.2 Å². The molecule has 1 heterocycles. The lowest BCUT2D eigenvalue weighted by molar-refractivity contribution is 0.334. The summed E-state index contributed by atoms with van der Waals surface area (Å²) in [6, 6.07) is 6.38. The molecule has 0 aliphatic carbocycles. The fourth-order valence-corrected chi connectivity index (χ4v) is 3.08. The number of benzene rings is 1. The zero-order valence-electron chi connectivity index (χ0n) is 15.4. The van der Waals surface area contributed by atoms with Crippen LogP contribution in [0.3, 0.4) is 0 Å². The topological polar surface area (TPSA) is 48.9 Å². The van der Waals surface area contributed by atoms with Crippen LogP contribution in [0.25, 0.3) is 0 Å². The Balaban J connectivity index is 1.64. The van der Waals surface area contributed by atoms with E-state index in [2.05, 4.69) is 45.6 Å². The summed E-state index contributed by atoms with van der Waals surface area (Å²) < 4.78 is 5.38. The number of hydrogen-bond acceptors (Lipinski definition) is 3. The van der Waals surface area contributed by atoms with Gasteiger partial charge in [0.05, 0.1) is 7.11 Å². The Morgan fingerprint density at radius 1 is 1.21 bits per heavy atom. The summed E-state index contributed by atoms with van der Waals surface area (Å²) in [4.78, 5) is 6.84. The fourth-order valence-electron chi connectivity index (χ4n) is 3.08. The summed E-state index contributed by atoms with van der Waals surface area (Å²) in [5, 5.41) is 6.78. The first-order valence-electron chi connectivity index (χ1n) is 9.03. The number of methoxy groups -OCH3 is 1. The maximum absolute atomic E-state index is 5.38. The summed E-state index contributed by atoms with van der Waals surface area (Å²) in [5.41, 5.74) is 2.44. The first kappa shape index (κ1) is 18.6. The van der Waals surface area contributed by atoms with Crippen molar-refractivity contribution in [1.29, 1.82) is 0 Å². The molecular weight excluding hydrogens is 300 g/mol. The number of aliphatic imine (C=N–C) groups is 1. The van der Waals surface area contributed by atoms with Crippen LogP contribution in [0, 0.1) is 6.92 Å². The molecule has 2 N–H and O–H groups in total. The summed E-state index contributed by atoms with van der Waals surface area (Å²) >= 11 is 0. The normalized spacial score (nSPS) is 15.5. The predicted octanol–water partition coefficient (Wildman–Crippen LogP) is 2.20. The third kappa shape index (κ3) is 6.04. The summed E-state index contributed by atoms with van der Waals surface area (Å²) in [6.45, 7) is 7.62. The number of guanidine groups is 1. The van der Waals surface area contributed by atoms with Gasteiger partial charge in [-0.1, -0.05) is 12.1 Å². The number of nitrogens with zero attached hydrogens (tertiary/aromatic N) is 2. The van der Waals surface area contributed by atoms with Crippen LogP contribution in [-0.4, -0.2) is 57.7 Å². The highest BCUT2D eigenvalue weighted by atomic mass is 16.5. The van der Waals surface area contributed by atoms with Crippen molar-refractivity contribution in [2.24, 2.45) is 4.99 Å². The second kappa shape index (κ2) is 10.2. The number of rotatable bonds is 8. The van der Waals surface area contributed by atoms with E-state index in [1.165, 1.54) is 43.6 Å². The second-order valence-corrected chi connectivity index (χ2v) is 6.38. The molecule has 1 saturated heterocycles. The lowest BCUT2D eigenvalue weighted by atomic mass is 10.1. The number of nitrogens with one attached hydrogen (secondary N) is 2. The van der Waals surface area contributed by atoms with E-state index in [1.807, 2.05) is 7.05 Å². The molecule has 1 aliphatic rings. The Morgan fingerprint density at radius 2 is 1.96 bits per heavy atom. The molecule has 5 heteroatoms. The average Bonchev–Trinajstić information content (AvgIpc) is 3.11. The van der Waals surface area contributed by atoms with Crippen molar-refractivity contribution in [1.82, 2.24) is 15.5 Å². The van der Waals surface area contributed by atoms with Gasteiger partial charge in [0, 0.05) is 20.1 Å². The Hall–Kier alpha value is -1.75. The van der Waals surface area contributed by atoms with Gasteiger partial charge in [-0.25, -0.2) is 0 Å². The maximum Gasteiger partial charge on any atom is 0.190 e. The van der Waals surface area contributed by atoms with Crippen molar-refractivity contribution < 1.29 is 4.74 Å². The quantitative estimate of drug-likeness (QED) is 0.435. The van der Waals surface area contributed by atoms with Crippen molar-refractivity contribution >= 4 is 5.96 Å². The number of aryl methyl sites for hydroxylation is 1. The van der Waals surface area contributed by atoms with Crippen LogP contribution < -0.4 is 15.4 Å². The largest absolute Gasteiger partial charge is 0.496 e. The average molecular weight is 332 g/mol. The summed E-state index contributed by atoms with van der Waals surface area (Å²) in [7, 11) is 3.54. The number of ether oxygens (including phenoxy) is 1. The van der Waals surface area contributed by atoms with Gasteiger partial charge < -0.3 is 20.3 Å². The van der Waals surface area contributed by atoms with Crippen LogP contribution in [0.1, 0.15) is 30.4 Å². The fraction of sp³-hybridized carbons (Fsp3) is 0.632. The van der Waals surface area contributed by atoms with E-state index in [9.17, 15) is 0 Å². The smallest absolute Gasteiger partial charge is 0.190 e. The molecule has 0 unspecified atom stereocenters. The lowest BCUT2D eigenvalue weighted by Gasteiger charge is -2.16. The third-order valence-electron chi connectivity index (χ3n) is 4.54. The van der Waals surface area contributed by atoms with Crippen LogP contribution in [0.4, 0.5) is 0 Å². The first-order valence-corrected chi connectivity index (χ1v) is 9.03. The molecule has 0 atom stereocenters. The van der Waals surface area contributed by atoms with Crippen LogP contribution in [0.2, 0.25) is 0 Å². The van der Waals surface area contributed by atoms with Gasteiger partial charge in [-0.3, -0.25) is 4.99 Å². The monoisotopic (exact) mass is 332 g/mol. The predicted molar refractivity (Wildman–Crippen MR) is 101 cm³/mol. The van der Waals surface area contributed by atoms with Gasteiger partial charge in [-0.05, 0) is 69.4 Å². The SMILES string of the molecule is CN=C(NCCCN1CCCC1)NCCc1ccc(C)c(OC)c1. The van der Waals surface area contributed by atoms with Crippen molar-refractivity contribution in [3.05, 3.63) is 29.3 Å². The third-order valence-corrected chi connectivity index (χ3v) is 4.54. The Morgan fingerprint density at radius 3 is 2.67 bits per heavy atom. The first-order chi connectivity index (χ1) is 11.7. The molecule has 5 nitrogen and oxygen atoms in total. The molecule has 1 aliphatic heterocycles. The molecule has 24 heavy (non-hydrogen) atoms. The van der Waals surface area contributed by atoms with E-state index in [4.69, 9.17) is 4.74 Å². The van der Waals surface area contributed by atoms with Gasteiger partial charge in [0.2, 0.25) is 0 Å². The molecule has 0 aromatic heterocycles. The van der Waals surface area contributed by atoms with E-state index >= 15 is 0 Å². The second-order valence-electron chi connectivity index (χ2n) is 6.38. The van der Waals surface area contributed by atoms with Gasteiger partial charge in [-0.2, -0.15) is 0 Å². The van der Waals surface area contributed by atoms with Gasteiger partial charge in [0.1, 0.15) is 5.75 Å². The van der Waals surface area contributed by atoms with E-state index in [-0.39, 0.29) is 0 Å². The van der Waals surface area contributed by atoms with E-state index < -0.39 is 0 Å². The maximum atomic E-state index is 5.38. The zero-order chi connectivity index (χ0) is 17.2. The molecule has 1 aromatic rings. The molecule has 1 fully saturated rings. The molecule has 2 rings (SSSR count). The van der Waals surface area contributed by atoms with Crippen molar-refractivity contribution in [3.8, 4) is 5.75 Å². The molecule has 0 amide bonds. The summed E-state index contributed by atoms with van der Waals surface area (Å²) in [6.07, 6.45) is 4.84. The minimum atomic E-state index is 0.859. The standard InChI is InChI=1S/C19H32N4O/c1-16-7-8-17(15-18(16)24-3)9-11-22-19(20-2)21-10-6-14-23-12-4-5-13-23/h7-8,15H,4-6,9-14H2,1-3H3,(H2,20,21,22). The van der Waals surface area contributed by atoms with Gasteiger partial charge in [0.25, 0.3) is 0 Å². The molecular formula is C19H32N4O. The minimum Gasteiger partial charge on any atom is -0.496 e. The number of likely N-dealkylation sites (tertiary alicyclic amines) is 1. The molecule has 0 spiro atoms. The van der Waals surface area contributed by atoms with Crippen molar-refractivity contribution in [2.75, 3.05) is 46.9 Å². The van der Waals surface area contributed by atoms with Crippen LogP contribution in [-0.2, 0) is 6.42 Å². The van der Waals surface area contributed by atoms with Gasteiger partial charge in [0.15, 0.2) is 5.96 Å². The highest BCUT2D eigenvalue weighted by Gasteiger charge is 2.10. The molecule has 1 aromatic carbocycles. The Labute approximate surface area is 146 Å². The highest BCUT2D eigenvalue weighted by Crippen LogP contribution is 2.18. The van der Waals surface area contributed by atoms with Crippen molar-refractivity contribution in [2.45, 2.75) is 32.6 Å². The van der Waals surface area contributed by atoms with Gasteiger partial charge in [-0.15, -0.1) is 0 Å². The van der Waals surface area contributed by atoms with E-state index in [0.717, 1.165) is 37.6 Å². The van der Waals surface area contributed by atoms with Gasteiger partial charge >= 0.3 is 0 Å².